The van der Waals surface area contributed by atoms with Gasteiger partial charge in [-0.1, -0.05) is 18.2 Å². The number of halogens is 1. The average Bonchev–Trinajstić information content (AvgIpc) is 3.29. The summed E-state index contributed by atoms with van der Waals surface area (Å²) in [5.41, 5.74) is 1.45. The first-order valence-electron chi connectivity index (χ1n) is 10.8. The summed E-state index contributed by atoms with van der Waals surface area (Å²) in [5.74, 6) is 1.34. The molecule has 1 aromatic carbocycles. The van der Waals surface area contributed by atoms with Crippen molar-refractivity contribution in [2.45, 2.75) is 24.9 Å². The fraction of sp³-hybridized carbons (Fsp3) is 0.348. The lowest BCUT2D eigenvalue weighted by atomic mass is 9.84. The molecule has 2 aliphatic rings. The van der Waals surface area contributed by atoms with Crippen LogP contribution in [0.25, 0.3) is 11.4 Å². The molecular formula is C23H25FN6OS. The second-order valence-corrected chi connectivity index (χ2v) is 8.94. The molecule has 4 heterocycles. The van der Waals surface area contributed by atoms with Gasteiger partial charge in [0.05, 0.1) is 11.3 Å². The van der Waals surface area contributed by atoms with Crippen molar-refractivity contribution in [3.63, 3.8) is 0 Å². The number of benzene rings is 1. The molecule has 2 aliphatic heterocycles. The van der Waals surface area contributed by atoms with E-state index in [4.69, 9.17) is 4.98 Å². The van der Waals surface area contributed by atoms with Gasteiger partial charge in [0.1, 0.15) is 17.3 Å². The molecule has 0 bridgehead atoms. The Hall–Kier alpha value is -3.04. The Balaban J connectivity index is 1.27. The van der Waals surface area contributed by atoms with E-state index in [0.717, 1.165) is 53.4 Å². The third-order valence-electron chi connectivity index (χ3n) is 5.92. The number of aliphatic imine (C=N–C) groups is 1. The van der Waals surface area contributed by atoms with Crippen molar-refractivity contribution in [2.75, 3.05) is 36.4 Å². The molecule has 7 nitrogen and oxygen atoms in total. The number of guanidine groups is 1. The number of nitrogens with zero attached hydrogens (tertiary/aromatic N) is 4. The predicted molar refractivity (Wildman–Crippen MR) is 126 cm³/mol. The molecular weight excluding hydrogens is 427 g/mol. The van der Waals surface area contributed by atoms with Gasteiger partial charge in [-0.2, -0.15) is 0 Å². The van der Waals surface area contributed by atoms with Crippen molar-refractivity contribution >= 4 is 28.2 Å². The number of aromatic nitrogens is 2. The molecule has 0 unspecified atom stereocenters. The standard InChI is InChI=1S/C23H25FN6OS/c24-17-7-5-16(6-8-17)23(31)9-13-30(14-10-23)20-4-1-3-18(27-20)19-15-32-22(28-19)29-21-25-11-2-12-26-21/h1,3-8,15,31H,2,9-14H2,(H2,25,26,28,29). The maximum Gasteiger partial charge on any atom is 0.197 e. The monoisotopic (exact) mass is 452 g/mol. The summed E-state index contributed by atoms with van der Waals surface area (Å²) < 4.78 is 13.2. The molecule has 5 rings (SSSR count). The summed E-state index contributed by atoms with van der Waals surface area (Å²) in [6.45, 7) is 3.07. The van der Waals surface area contributed by atoms with Crippen LogP contribution < -0.4 is 15.5 Å². The smallest absolute Gasteiger partial charge is 0.197 e. The second-order valence-electron chi connectivity index (χ2n) is 8.08. The van der Waals surface area contributed by atoms with E-state index >= 15 is 0 Å². The van der Waals surface area contributed by atoms with Gasteiger partial charge in [0.25, 0.3) is 0 Å². The molecule has 0 aliphatic carbocycles. The van der Waals surface area contributed by atoms with Crippen LogP contribution in [0.2, 0.25) is 0 Å². The Morgan fingerprint density at radius 3 is 2.62 bits per heavy atom. The number of hydrogen-bond donors (Lipinski definition) is 3. The molecule has 9 heteroatoms. The lowest BCUT2D eigenvalue weighted by Crippen LogP contribution is -2.43. The lowest BCUT2D eigenvalue weighted by Gasteiger charge is -2.39. The van der Waals surface area contributed by atoms with Crippen molar-refractivity contribution in [3.05, 3.63) is 59.2 Å². The van der Waals surface area contributed by atoms with Crippen LogP contribution in [0.5, 0.6) is 0 Å². The molecule has 2 aromatic heterocycles. The van der Waals surface area contributed by atoms with Crippen LogP contribution in [0, 0.1) is 5.82 Å². The first-order chi connectivity index (χ1) is 15.6. The van der Waals surface area contributed by atoms with Gasteiger partial charge in [0.2, 0.25) is 0 Å². The van der Waals surface area contributed by atoms with Crippen LogP contribution in [0.4, 0.5) is 15.3 Å². The molecule has 3 N–H and O–H groups in total. The van der Waals surface area contributed by atoms with Gasteiger partial charge >= 0.3 is 0 Å². The molecule has 1 saturated heterocycles. The highest BCUT2D eigenvalue weighted by Crippen LogP contribution is 2.34. The predicted octanol–water partition coefficient (Wildman–Crippen LogP) is 3.59. The normalized spacial score (nSPS) is 18.1. The third-order valence-corrected chi connectivity index (χ3v) is 6.68. The second kappa shape index (κ2) is 8.84. The minimum absolute atomic E-state index is 0.292. The van der Waals surface area contributed by atoms with Crippen LogP contribution in [-0.2, 0) is 5.60 Å². The fourth-order valence-corrected chi connectivity index (χ4v) is 4.77. The van der Waals surface area contributed by atoms with Gasteiger partial charge < -0.3 is 20.6 Å². The Bertz CT molecular complexity index is 1110. The zero-order valence-corrected chi connectivity index (χ0v) is 18.4. The maximum atomic E-state index is 13.2. The van der Waals surface area contributed by atoms with E-state index in [0.29, 0.717) is 25.9 Å². The molecule has 0 atom stereocenters. The highest BCUT2D eigenvalue weighted by atomic mass is 32.1. The molecule has 0 amide bonds. The van der Waals surface area contributed by atoms with Crippen molar-refractivity contribution in [2.24, 2.45) is 4.99 Å². The molecule has 0 saturated carbocycles. The van der Waals surface area contributed by atoms with Gasteiger partial charge in [-0.05, 0) is 49.1 Å². The van der Waals surface area contributed by atoms with E-state index in [1.54, 1.807) is 12.1 Å². The highest BCUT2D eigenvalue weighted by molar-refractivity contribution is 7.14. The third kappa shape index (κ3) is 4.44. The van der Waals surface area contributed by atoms with Crippen LogP contribution in [-0.4, -0.2) is 47.2 Å². The maximum absolute atomic E-state index is 13.2. The zero-order valence-electron chi connectivity index (χ0n) is 17.6. The van der Waals surface area contributed by atoms with Crippen LogP contribution in [0.3, 0.4) is 0 Å². The van der Waals surface area contributed by atoms with E-state index in [2.05, 4.69) is 25.5 Å². The van der Waals surface area contributed by atoms with E-state index in [9.17, 15) is 9.50 Å². The number of thiazole rings is 1. The van der Waals surface area contributed by atoms with Gasteiger partial charge in [-0.3, -0.25) is 4.99 Å². The summed E-state index contributed by atoms with van der Waals surface area (Å²) in [6.07, 6.45) is 2.16. The largest absolute Gasteiger partial charge is 0.385 e. The number of rotatable bonds is 4. The number of piperidine rings is 1. The average molecular weight is 453 g/mol. The van der Waals surface area contributed by atoms with Crippen molar-refractivity contribution in [3.8, 4) is 11.4 Å². The Morgan fingerprint density at radius 2 is 1.88 bits per heavy atom. The number of anilines is 2. The Morgan fingerprint density at radius 1 is 1.06 bits per heavy atom. The van der Waals surface area contributed by atoms with Gasteiger partial charge in [0.15, 0.2) is 11.1 Å². The zero-order chi connectivity index (χ0) is 22.0. The number of nitrogens with one attached hydrogen (secondary N) is 2. The molecule has 0 spiro atoms. The molecule has 1 fully saturated rings. The minimum Gasteiger partial charge on any atom is -0.385 e. The van der Waals surface area contributed by atoms with E-state index in [1.807, 2.05) is 23.6 Å². The van der Waals surface area contributed by atoms with E-state index < -0.39 is 5.60 Å². The Labute approximate surface area is 190 Å². The molecule has 0 radical (unpaired) electrons. The lowest BCUT2D eigenvalue weighted by molar-refractivity contribution is 0.0116. The van der Waals surface area contributed by atoms with Gasteiger partial charge in [-0.15, -0.1) is 11.3 Å². The highest BCUT2D eigenvalue weighted by Gasteiger charge is 2.34. The topological polar surface area (TPSA) is 85.7 Å². The summed E-state index contributed by atoms with van der Waals surface area (Å²) in [6, 6.07) is 12.1. The van der Waals surface area contributed by atoms with Crippen LogP contribution in [0.15, 0.2) is 52.8 Å². The number of pyridine rings is 1. The number of aliphatic hydroxyl groups is 1. The van der Waals surface area contributed by atoms with Crippen molar-refractivity contribution < 1.29 is 9.50 Å². The molecule has 32 heavy (non-hydrogen) atoms. The first-order valence-corrected chi connectivity index (χ1v) is 11.7. The van der Waals surface area contributed by atoms with Gasteiger partial charge in [0, 0.05) is 31.6 Å². The summed E-state index contributed by atoms with van der Waals surface area (Å²) in [5, 5.41) is 20.3. The Kier molecular flexibility index (Phi) is 5.75. The minimum atomic E-state index is -0.937. The van der Waals surface area contributed by atoms with Gasteiger partial charge in [-0.25, -0.2) is 14.4 Å². The quantitative estimate of drug-likeness (QED) is 0.561. The SMILES string of the molecule is OC1(c2ccc(F)cc2)CCN(c2cccc(-c3csc(NC4=NCCCN4)n3)n2)CC1. The van der Waals surface area contributed by atoms with Crippen molar-refractivity contribution in [1.82, 2.24) is 15.3 Å². The molecule has 3 aromatic rings. The first kappa shape index (κ1) is 20.8. The summed E-state index contributed by atoms with van der Waals surface area (Å²) >= 11 is 1.52. The fourth-order valence-electron chi connectivity index (χ4n) is 4.06. The number of hydrogen-bond acceptors (Lipinski definition) is 8. The molecule has 166 valence electrons. The van der Waals surface area contributed by atoms with Crippen molar-refractivity contribution in [1.29, 1.82) is 0 Å². The van der Waals surface area contributed by atoms with E-state index in [-0.39, 0.29) is 5.82 Å². The summed E-state index contributed by atoms with van der Waals surface area (Å²) in [4.78, 5) is 16.1. The van der Waals surface area contributed by atoms with E-state index in [1.165, 1.54) is 23.5 Å². The van der Waals surface area contributed by atoms with Crippen LogP contribution >= 0.6 is 11.3 Å². The van der Waals surface area contributed by atoms with Crippen LogP contribution in [0.1, 0.15) is 24.8 Å². The summed E-state index contributed by atoms with van der Waals surface area (Å²) in [7, 11) is 0.